The van der Waals surface area contributed by atoms with Gasteiger partial charge in [-0.2, -0.15) is 0 Å². The number of aliphatic hydroxyl groups is 1. The van der Waals surface area contributed by atoms with Crippen LogP contribution in [0, 0.1) is 0 Å². The summed E-state index contributed by atoms with van der Waals surface area (Å²) in [7, 11) is 2.09. The van der Waals surface area contributed by atoms with Crippen LogP contribution in [0.15, 0.2) is 0 Å². The Kier molecular flexibility index (Phi) is 1.67. The van der Waals surface area contributed by atoms with Crippen molar-refractivity contribution in [2.75, 3.05) is 26.7 Å². The van der Waals surface area contributed by atoms with Crippen molar-refractivity contribution in [3.63, 3.8) is 0 Å². The Morgan fingerprint density at radius 2 is 2.00 bits per heavy atom. The normalized spacial score (nSPS) is 37.1. The van der Waals surface area contributed by atoms with E-state index in [-0.39, 0.29) is 6.10 Å². The van der Waals surface area contributed by atoms with Gasteiger partial charge >= 0.3 is 0 Å². The van der Waals surface area contributed by atoms with Crippen molar-refractivity contribution in [1.82, 2.24) is 4.90 Å². The SMILES string of the molecule is CN1CCC(O)(C2CO2)CC1. The lowest BCUT2D eigenvalue weighted by Crippen LogP contribution is -2.46. The van der Waals surface area contributed by atoms with Crippen LogP contribution in [0.25, 0.3) is 0 Å². The molecule has 0 aromatic rings. The van der Waals surface area contributed by atoms with Crippen molar-refractivity contribution >= 4 is 0 Å². The van der Waals surface area contributed by atoms with E-state index < -0.39 is 5.60 Å². The fourth-order valence-corrected chi connectivity index (χ4v) is 1.69. The van der Waals surface area contributed by atoms with Crippen molar-refractivity contribution in [3.05, 3.63) is 0 Å². The van der Waals surface area contributed by atoms with E-state index in [2.05, 4.69) is 11.9 Å². The maximum Gasteiger partial charge on any atom is 0.110 e. The molecule has 0 radical (unpaired) electrons. The van der Waals surface area contributed by atoms with Crippen LogP contribution in [0.3, 0.4) is 0 Å². The topological polar surface area (TPSA) is 36.0 Å². The highest BCUT2D eigenvalue weighted by atomic mass is 16.6. The Morgan fingerprint density at radius 1 is 1.45 bits per heavy atom. The Balaban J connectivity index is 1.93. The van der Waals surface area contributed by atoms with Gasteiger partial charge in [-0.15, -0.1) is 0 Å². The van der Waals surface area contributed by atoms with Gasteiger partial charge in [-0.25, -0.2) is 0 Å². The van der Waals surface area contributed by atoms with Gasteiger partial charge in [-0.05, 0) is 19.9 Å². The van der Waals surface area contributed by atoms with Gasteiger partial charge in [0.2, 0.25) is 0 Å². The van der Waals surface area contributed by atoms with Gasteiger partial charge in [0.1, 0.15) is 6.10 Å². The van der Waals surface area contributed by atoms with Crippen LogP contribution in [-0.4, -0.2) is 48.5 Å². The summed E-state index contributed by atoms with van der Waals surface area (Å²) in [5.74, 6) is 0. The quantitative estimate of drug-likeness (QED) is 0.537. The van der Waals surface area contributed by atoms with Crippen LogP contribution in [0.1, 0.15) is 12.8 Å². The molecule has 2 aliphatic rings. The monoisotopic (exact) mass is 157 g/mol. The average Bonchev–Trinajstić information content (AvgIpc) is 2.77. The van der Waals surface area contributed by atoms with E-state index in [4.69, 9.17) is 4.74 Å². The number of piperidine rings is 1. The number of likely N-dealkylation sites (tertiary alicyclic amines) is 1. The van der Waals surface area contributed by atoms with Gasteiger partial charge in [0.05, 0.1) is 12.2 Å². The molecule has 2 rings (SSSR count). The summed E-state index contributed by atoms with van der Waals surface area (Å²) in [5.41, 5.74) is -0.494. The number of ether oxygens (including phenoxy) is 1. The lowest BCUT2D eigenvalue weighted by Gasteiger charge is -2.35. The summed E-state index contributed by atoms with van der Waals surface area (Å²) in [6.07, 6.45) is 1.89. The van der Waals surface area contributed by atoms with Crippen molar-refractivity contribution in [2.24, 2.45) is 0 Å². The second kappa shape index (κ2) is 2.44. The molecule has 2 aliphatic heterocycles. The molecule has 11 heavy (non-hydrogen) atoms. The van der Waals surface area contributed by atoms with Crippen LogP contribution >= 0.6 is 0 Å². The molecule has 2 fully saturated rings. The first kappa shape index (κ1) is 7.53. The first-order valence-corrected chi connectivity index (χ1v) is 4.23. The molecule has 0 bridgehead atoms. The van der Waals surface area contributed by atoms with Crippen molar-refractivity contribution in [1.29, 1.82) is 0 Å². The molecule has 64 valence electrons. The fourth-order valence-electron chi connectivity index (χ4n) is 1.69. The predicted molar refractivity (Wildman–Crippen MR) is 41.4 cm³/mol. The lowest BCUT2D eigenvalue weighted by atomic mass is 9.89. The zero-order valence-electron chi connectivity index (χ0n) is 6.92. The second-order valence-corrected chi connectivity index (χ2v) is 3.73. The molecule has 3 heteroatoms. The smallest absolute Gasteiger partial charge is 0.110 e. The van der Waals surface area contributed by atoms with Crippen molar-refractivity contribution in [3.8, 4) is 0 Å². The number of hydrogen-bond donors (Lipinski definition) is 1. The van der Waals surface area contributed by atoms with Crippen LogP contribution < -0.4 is 0 Å². The van der Waals surface area contributed by atoms with Gasteiger partial charge in [0.15, 0.2) is 0 Å². The Labute approximate surface area is 66.9 Å². The third kappa shape index (κ3) is 1.41. The fraction of sp³-hybridized carbons (Fsp3) is 1.00. The first-order chi connectivity index (χ1) is 5.21. The van der Waals surface area contributed by atoms with Crippen LogP contribution in [-0.2, 0) is 4.74 Å². The predicted octanol–water partition coefficient (Wildman–Crippen LogP) is -0.158. The molecular weight excluding hydrogens is 142 g/mol. The molecule has 0 aliphatic carbocycles. The largest absolute Gasteiger partial charge is 0.387 e. The molecule has 0 saturated carbocycles. The lowest BCUT2D eigenvalue weighted by molar-refractivity contribution is -0.0367. The highest BCUT2D eigenvalue weighted by Gasteiger charge is 2.46. The Hall–Kier alpha value is -0.120. The van der Waals surface area contributed by atoms with Gasteiger partial charge in [0.25, 0.3) is 0 Å². The van der Waals surface area contributed by atoms with E-state index in [1.165, 1.54) is 0 Å². The minimum atomic E-state index is -0.494. The van der Waals surface area contributed by atoms with Crippen LogP contribution in [0.5, 0.6) is 0 Å². The van der Waals surface area contributed by atoms with Gasteiger partial charge in [-0.1, -0.05) is 0 Å². The third-order valence-corrected chi connectivity index (χ3v) is 2.79. The molecule has 0 aromatic carbocycles. The third-order valence-electron chi connectivity index (χ3n) is 2.79. The molecule has 2 saturated heterocycles. The summed E-state index contributed by atoms with van der Waals surface area (Å²) in [6, 6.07) is 0. The minimum Gasteiger partial charge on any atom is -0.387 e. The van der Waals surface area contributed by atoms with Gasteiger partial charge in [0, 0.05) is 13.1 Å². The van der Waals surface area contributed by atoms with E-state index in [9.17, 15) is 5.11 Å². The molecule has 0 spiro atoms. The highest BCUT2D eigenvalue weighted by Crippen LogP contribution is 2.33. The maximum atomic E-state index is 9.98. The summed E-state index contributed by atoms with van der Waals surface area (Å²) >= 11 is 0. The summed E-state index contributed by atoms with van der Waals surface area (Å²) < 4.78 is 5.12. The van der Waals surface area contributed by atoms with Gasteiger partial charge in [-0.3, -0.25) is 0 Å². The molecule has 0 amide bonds. The molecule has 0 aromatic heterocycles. The summed E-state index contributed by atoms with van der Waals surface area (Å²) in [6.45, 7) is 2.76. The number of rotatable bonds is 1. The zero-order chi connectivity index (χ0) is 7.90. The van der Waals surface area contributed by atoms with E-state index in [1.54, 1.807) is 0 Å². The summed E-state index contributed by atoms with van der Waals surface area (Å²) in [5, 5.41) is 9.98. The van der Waals surface area contributed by atoms with E-state index in [0.29, 0.717) is 0 Å². The molecule has 1 atom stereocenters. The van der Waals surface area contributed by atoms with Gasteiger partial charge < -0.3 is 14.7 Å². The Morgan fingerprint density at radius 3 is 2.45 bits per heavy atom. The van der Waals surface area contributed by atoms with Crippen molar-refractivity contribution in [2.45, 2.75) is 24.5 Å². The van der Waals surface area contributed by atoms with Crippen LogP contribution in [0.2, 0.25) is 0 Å². The first-order valence-electron chi connectivity index (χ1n) is 4.23. The second-order valence-electron chi connectivity index (χ2n) is 3.73. The van der Waals surface area contributed by atoms with Crippen molar-refractivity contribution < 1.29 is 9.84 Å². The van der Waals surface area contributed by atoms with E-state index in [1.807, 2.05) is 0 Å². The molecular formula is C8H15NO2. The number of nitrogens with zero attached hydrogens (tertiary/aromatic N) is 1. The summed E-state index contributed by atoms with van der Waals surface area (Å²) in [4.78, 5) is 2.25. The number of epoxide rings is 1. The molecule has 3 nitrogen and oxygen atoms in total. The standard InChI is InChI=1S/C8H15NO2/c1-9-4-2-8(10,3-5-9)7-6-11-7/h7,10H,2-6H2,1H3. The number of hydrogen-bond acceptors (Lipinski definition) is 3. The molecule has 2 heterocycles. The van der Waals surface area contributed by atoms with E-state index >= 15 is 0 Å². The van der Waals surface area contributed by atoms with E-state index in [0.717, 1.165) is 32.5 Å². The highest BCUT2D eigenvalue weighted by molar-refractivity contribution is 4.97. The maximum absolute atomic E-state index is 9.98. The molecule has 1 N–H and O–H groups in total. The van der Waals surface area contributed by atoms with Crippen LogP contribution in [0.4, 0.5) is 0 Å². The zero-order valence-corrected chi connectivity index (χ0v) is 6.92. The average molecular weight is 157 g/mol. The Bertz CT molecular complexity index is 148. The minimum absolute atomic E-state index is 0.149. The molecule has 1 unspecified atom stereocenters.